The highest BCUT2D eigenvalue weighted by Gasteiger charge is 2.32. The number of carbonyl (C=O) groups is 2. The molecule has 2 heterocycles. The van der Waals surface area contributed by atoms with Gasteiger partial charge in [-0.25, -0.2) is 4.98 Å². The van der Waals surface area contributed by atoms with Crippen molar-refractivity contribution in [2.45, 2.75) is 25.3 Å². The number of ether oxygens (including phenoxy) is 1. The van der Waals surface area contributed by atoms with Crippen LogP contribution in [0.25, 0.3) is 0 Å². The molecule has 29 heavy (non-hydrogen) atoms. The molecule has 1 aliphatic rings. The summed E-state index contributed by atoms with van der Waals surface area (Å²) in [6.45, 7) is 0.386. The van der Waals surface area contributed by atoms with Crippen molar-refractivity contribution >= 4 is 28.3 Å². The highest BCUT2D eigenvalue weighted by molar-refractivity contribution is 7.16. The number of hydrogen-bond donors (Lipinski definition) is 2. The number of nitrogens with one attached hydrogen (secondary N) is 2. The van der Waals surface area contributed by atoms with Gasteiger partial charge in [-0.3, -0.25) is 19.9 Å². The van der Waals surface area contributed by atoms with Gasteiger partial charge in [-0.2, -0.15) is 0 Å². The van der Waals surface area contributed by atoms with Gasteiger partial charge in [0, 0.05) is 16.6 Å². The third-order valence-electron chi connectivity index (χ3n) is 4.78. The lowest BCUT2D eigenvalue weighted by Crippen LogP contribution is -2.28. The van der Waals surface area contributed by atoms with E-state index in [1.807, 2.05) is 18.2 Å². The van der Waals surface area contributed by atoms with Crippen LogP contribution < -0.4 is 15.4 Å². The molecular formula is C21H20N4O3S. The van der Waals surface area contributed by atoms with Gasteiger partial charge >= 0.3 is 0 Å². The normalized spacial score (nSPS) is 14.9. The minimum absolute atomic E-state index is 0.0623. The molecule has 1 aliphatic carbocycles. The zero-order chi connectivity index (χ0) is 20.2. The standard InChI is InChI=1S/C21H20N4O3S/c1-28-15-7-5-13(6-8-15)19(26)25-21-24-18-16(9-10-17(18)29-21)20(27)23-12-14-4-2-3-11-22-14/h2-8,11,16H,9-10,12H2,1H3,(H,23,27)(H,24,25,26)/t16-/m1/s1. The molecule has 4 rings (SSSR count). The summed E-state index contributed by atoms with van der Waals surface area (Å²) in [5.74, 6) is 0.0925. The number of fused-ring (bicyclic) bond motifs is 1. The van der Waals surface area contributed by atoms with Crippen LogP contribution in [-0.4, -0.2) is 28.9 Å². The van der Waals surface area contributed by atoms with Gasteiger partial charge in [-0.15, -0.1) is 11.3 Å². The van der Waals surface area contributed by atoms with Crippen molar-refractivity contribution in [2.75, 3.05) is 12.4 Å². The number of rotatable bonds is 6. The van der Waals surface area contributed by atoms with Crippen LogP contribution >= 0.6 is 11.3 Å². The van der Waals surface area contributed by atoms with Crippen molar-refractivity contribution in [2.24, 2.45) is 0 Å². The first-order chi connectivity index (χ1) is 14.1. The number of aromatic nitrogens is 2. The van der Waals surface area contributed by atoms with Crippen LogP contribution in [0.2, 0.25) is 0 Å². The van der Waals surface area contributed by atoms with Gasteiger partial charge in [0.25, 0.3) is 5.91 Å². The lowest BCUT2D eigenvalue weighted by Gasteiger charge is -2.10. The predicted octanol–water partition coefficient (Wildman–Crippen LogP) is 3.15. The zero-order valence-electron chi connectivity index (χ0n) is 15.8. The van der Waals surface area contributed by atoms with Crippen molar-refractivity contribution in [1.82, 2.24) is 15.3 Å². The topological polar surface area (TPSA) is 93.2 Å². The number of hydrogen-bond acceptors (Lipinski definition) is 6. The van der Waals surface area contributed by atoms with E-state index in [2.05, 4.69) is 20.6 Å². The first-order valence-electron chi connectivity index (χ1n) is 9.26. The van der Waals surface area contributed by atoms with Crippen LogP contribution in [0.4, 0.5) is 5.13 Å². The fraction of sp³-hybridized carbons (Fsp3) is 0.238. The Hall–Kier alpha value is -3.26. The SMILES string of the molecule is COc1ccc(C(=O)Nc2nc3c(s2)CC[C@H]3C(=O)NCc2ccccn2)cc1. The van der Waals surface area contributed by atoms with Crippen molar-refractivity contribution < 1.29 is 14.3 Å². The van der Waals surface area contributed by atoms with Crippen molar-refractivity contribution in [1.29, 1.82) is 0 Å². The Morgan fingerprint density at radius 3 is 2.76 bits per heavy atom. The van der Waals surface area contributed by atoms with Gasteiger partial charge in [0.05, 0.1) is 31.0 Å². The number of amides is 2. The Kier molecular flexibility index (Phi) is 5.53. The van der Waals surface area contributed by atoms with Crippen LogP contribution in [0.1, 0.15) is 39.0 Å². The van der Waals surface area contributed by atoms with E-state index in [4.69, 9.17) is 4.74 Å². The second-order valence-corrected chi connectivity index (χ2v) is 7.72. The maximum absolute atomic E-state index is 12.6. The summed E-state index contributed by atoms with van der Waals surface area (Å²) in [5, 5.41) is 6.27. The molecule has 1 aromatic carbocycles. The van der Waals surface area contributed by atoms with Crippen LogP contribution in [0.3, 0.4) is 0 Å². The van der Waals surface area contributed by atoms with Gasteiger partial charge in [0.2, 0.25) is 5.91 Å². The number of pyridine rings is 1. The van der Waals surface area contributed by atoms with Crippen molar-refractivity contribution in [3.63, 3.8) is 0 Å². The maximum Gasteiger partial charge on any atom is 0.257 e. The Labute approximate surface area is 172 Å². The minimum atomic E-state index is -0.295. The van der Waals surface area contributed by atoms with E-state index in [-0.39, 0.29) is 17.7 Å². The Morgan fingerprint density at radius 1 is 1.21 bits per heavy atom. The molecule has 0 saturated carbocycles. The average Bonchev–Trinajstić information content (AvgIpc) is 3.33. The number of carbonyl (C=O) groups excluding carboxylic acids is 2. The fourth-order valence-electron chi connectivity index (χ4n) is 3.25. The first-order valence-corrected chi connectivity index (χ1v) is 10.1. The molecule has 1 atom stereocenters. The molecule has 2 amide bonds. The molecule has 2 N–H and O–H groups in total. The summed E-state index contributed by atoms with van der Waals surface area (Å²) in [6, 6.07) is 12.5. The Bertz CT molecular complexity index is 1020. The molecular weight excluding hydrogens is 388 g/mol. The van der Waals surface area contributed by atoms with Gasteiger partial charge < -0.3 is 10.1 Å². The lowest BCUT2D eigenvalue weighted by atomic mass is 10.1. The van der Waals surface area contributed by atoms with E-state index in [1.54, 1.807) is 37.6 Å². The number of methoxy groups -OCH3 is 1. The average molecular weight is 408 g/mol. The summed E-state index contributed by atoms with van der Waals surface area (Å²) in [4.78, 5) is 34.9. The van der Waals surface area contributed by atoms with E-state index in [0.717, 1.165) is 29.1 Å². The Balaban J connectivity index is 1.40. The number of benzene rings is 1. The first kappa shape index (κ1) is 19.1. The van der Waals surface area contributed by atoms with Crippen molar-refractivity contribution in [3.05, 3.63) is 70.5 Å². The number of nitrogens with zero attached hydrogens (tertiary/aromatic N) is 2. The molecule has 0 aliphatic heterocycles. The highest BCUT2D eigenvalue weighted by Crippen LogP contribution is 2.38. The molecule has 0 bridgehead atoms. The van der Waals surface area contributed by atoms with Crippen LogP contribution in [-0.2, 0) is 17.8 Å². The molecule has 0 fully saturated rings. The van der Waals surface area contributed by atoms with Crippen LogP contribution in [0, 0.1) is 0 Å². The second kappa shape index (κ2) is 8.40. The summed E-state index contributed by atoms with van der Waals surface area (Å²) in [5.41, 5.74) is 2.09. The molecule has 0 spiro atoms. The van der Waals surface area contributed by atoms with Crippen LogP contribution in [0.15, 0.2) is 48.7 Å². The number of thiazole rings is 1. The Morgan fingerprint density at radius 2 is 2.03 bits per heavy atom. The molecule has 8 heteroatoms. The van der Waals surface area contributed by atoms with Gasteiger partial charge in [-0.1, -0.05) is 6.07 Å². The third kappa shape index (κ3) is 4.27. The lowest BCUT2D eigenvalue weighted by molar-refractivity contribution is -0.122. The van der Waals surface area contributed by atoms with E-state index in [0.29, 0.717) is 23.0 Å². The van der Waals surface area contributed by atoms with E-state index in [1.165, 1.54) is 11.3 Å². The number of aryl methyl sites for hydroxylation is 1. The smallest absolute Gasteiger partial charge is 0.257 e. The van der Waals surface area contributed by atoms with Gasteiger partial charge in [0.1, 0.15) is 5.75 Å². The molecule has 0 unspecified atom stereocenters. The molecule has 0 radical (unpaired) electrons. The minimum Gasteiger partial charge on any atom is -0.497 e. The fourth-order valence-corrected chi connectivity index (χ4v) is 4.28. The quantitative estimate of drug-likeness (QED) is 0.654. The second-order valence-electron chi connectivity index (χ2n) is 6.64. The molecule has 7 nitrogen and oxygen atoms in total. The summed E-state index contributed by atoms with van der Waals surface area (Å²) < 4.78 is 5.11. The summed E-state index contributed by atoms with van der Waals surface area (Å²) >= 11 is 1.43. The largest absolute Gasteiger partial charge is 0.497 e. The van der Waals surface area contributed by atoms with E-state index in [9.17, 15) is 9.59 Å². The highest BCUT2D eigenvalue weighted by atomic mass is 32.1. The monoisotopic (exact) mass is 408 g/mol. The molecule has 3 aromatic rings. The predicted molar refractivity (Wildman–Crippen MR) is 110 cm³/mol. The summed E-state index contributed by atoms with van der Waals surface area (Å²) in [7, 11) is 1.58. The van der Waals surface area contributed by atoms with E-state index < -0.39 is 0 Å². The van der Waals surface area contributed by atoms with E-state index >= 15 is 0 Å². The molecule has 0 saturated heterocycles. The zero-order valence-corrected chi connectivity index (χ0v) is 16.7. The van der Waals surface area contributed by atoms with Gasteiger partial charge in [0.15, 0.2) is 5.13 Å². The van der Waals surface area contributed by atoms with Gasteiger partial charge in [-0.05, 0) is 49.2 Å². The number of anilines is 1. The summed E-state index contributed by atoms with van der Waals surface area (Å²) in [6.07, 6.45) is 3.22. The van der Waals surface area contributed by atoms with Crippen molar-refractivity contribution in [3.8, 4) is 5.75 Å². The third-order valence-corrected chi connectivity index (χ3v) is 5.82. The molecule has 148 valence electrons. The maximum atomic E-state index is 12.6. The molecule has 2 aromatic heterocycles. The van der Waals surface area contributed by atoms with Crippen LogP contribution in [0.5, 0.6) is 5.75 Å².